The van der Waals surface area contributed by atoms with E-state index in [-0.39, 0.29) is 18.3 Å². The van der Waals surface area contributed by atoms with Crippen molar-refractivity contribution in [1.29, 1.82) is 0 Å². The number of benzene rings is 2. The highest BCUT2D eigenvalue weighted by atomic mass is 16.5. The minimum Gasteiger partial charge on any atom is -0.462 e. The lowest BCUT2D eigenvalue weighted by Gasteiger charge is -2.03. The second-order valence-electron chi connectivity index (χ2n) is 5.25. The summed E-state index contributed by atoms with van der Waals surface area (Å²) in [5.41, 5.74) is 4.65. The van der Waals surface area contributed by atoms with E-state index in [0.717, 1.165) is 12.0 Å². The molecule has 0 aliphatic carbocycles. The number of carbonyl (C=O) groups excluding carboxylic acids is 5. The number of carbonyl (C=O) groups is 1. The summed E-state index contributed by atoms with van der Waals surface area (Å²) in [6.07, 6.45) is 4.51. The number of hydrogen-bond acceptors (Lipinski definition) is 6. The van der Waals surface area contributed by atoms with Gasteiger partial charge in [0.25, 0.3) is 0 Å². The van der Waals surface area contributed by atoms with Crippen LogP contribution in [0.5, 0.6) is 0 Å². The van der Waals surface area contributed by atoms with Crippen molar-refractivity contribution in [3.63, 3.8) is 0 Å². The van der Waals surface area contributed by atoms with Crippen LogP contribution in [-0.4, -0.2) is 24.9 Å². The molecule has 0 bridgehead atoms. The van der Waals surface area contributed by atoms with Crippen molar-refractivity contribution in [2.45, 2.75) is 20.3 Å². The van der Waals surface area contributed by atoms with E-state index < -0.39 is 0 Å². The van der Waals surface area contributed by atoms with Gasteiger partial charge in [-0.05, 0) is 42.2 Å². The second-order valence-corrected chi connectivity index (χ2v) is 5.25. The molecule has 6 nitrogen and oxygen atoms in total. The second kappa shape index (κ2) is 14.7. The maximum atomic E-state index is 11.6. The Morgan fingerprint density at radius 2 is 1.52 bits per heavy atom. The van der Waals surface area contributed by atoms with Crippen LogP contribution in [0.15, 0.2) is 54.6 Å². The standard InChI is InChI=1S/C19H20O2.2CO2/c1-15-8-9-18(14-16(15)2)10-11-19(20)21-13-12-17-6-4-3-5-7-17;2*2-1-3/h3-11,14H,12-13H2,1-2H3;;/b11-10+;;. The molecule has 2 aromatic carbocycles. The van der Waals surface area contributed by atoms with Crippen LogP contribution in [-0.2, 0) is 35.1 Å². The summed E-state index contributed by atoms with van der Waals surface area (Å²) in [6.45, 7) is 4.53. The molecule has 0 aliphatic heterocycles. The number of ether oxygens (including phenoxy) is 1. The predicted molar refractivity (Wildman–Crippen MR) is 96.1 cm³/mol. The van der Waals surface area contributed by atoms with Gasteiger partial charge in [-0.3, -0.25) is 0 Å². The van der Waals surface area contributed by atoms with Crippen LogP contribution in [0.25, 0.3) is 6.08 Å². The molecule has 0 saturated carbocycles. The average Bonchev–Trinajstić information content (AvgIpc) is 2.65. The molecule has 2 rings (SSSR count). The van der Waals surface area contributed by atoms with Gasteiger partial charge in [-0.2, -0.15) is 19.2 Å². The van der Waals surface area contributed by atoms with E-state index in [1.165, 1.54) is 22.8 Å². The molecule has 0 N–H and O–H groups in total. The summed E-state index contributed by atoms with van der Waals surface area (Å²) < 4.78 is 5.20. The smallest absolute Gasteiger partial charge is 0.373 e. The first-order valence-corrected chi connectivity index (χ1v) is 7.93. The van der Waals surface area contributed by atoms with Gasteiger partial charge in [0.1, 0.15) is 0 Å². The highest BCUT2D eigenvalue weighted by Crippen LogP contribution is 2.11. The first kappa shape index (κ1) is 23.4. The third kappa shape index (κ3) is 11.6. The van der Waals surface area contributed by atoms with Gasteiger partial charge in [-0.15, -0.1) is 0 Å². The molecule has 0 heterocycles. The van der Waals surface area contributed by atoms with Gasteiger partial charge in [0.2, 0.25) is 0 Å². The van der Waals surface area contributed by atoms with Gasteiger partial charge in [0.05, 0.1) is 6.61 Å². The van der Waals surface area contributed by atoms with Crippen molar-refractivity contribution in [3.05, 3.63) is 76.9 Å². The molecule has 27 heavy (non-hydrogen) atoms. The van der Waals surface area contributed by atoms with Crippen LogP contribution >= 0.6 is 0 Å². The third-order valence-electron chi connectivity index (χ3n) is 3.42. The molecular weight excluding hydrogens is 348 g/mol. The van der Waals surface area contributed by atoms with E-state index in [4.69, 9.17) is 23.9 Å². The summed E-state index contributed by atoms with van der Waals surface area (Å²) in [7, 11) is 0. The first-order chi connectivity index (χ1) is 13.0. The highest BCUT2D eigenvalue weighted by Gasteiger charge is 1.99. The number of rotatable bonds is 5. The monoisotopic (exact) mass is 368 g/mol. The zero-order chi connectivity index (χ0) is 20.5. The Balaban J connectivity index is 0.000000997. The van der Waals surface area contributed by atoms with E-state index >= 15 is 0 Å². The van der Waals surface area contributed by atoms with Gasteiger partial charge >= 0.3 is 18.3 Å². The van der Waals surface area contributed by atoms with Crippen LogP contribution in [0.3, 0.4) is 0 Å². The Kier molecular flexibility index (Phi) is 12.8. The van der Waals surface area contributed by atoms with Crippen LogP contribution in [0.1, 0.15) is 22.3 Å². The zero-order valence-corrected chi connectivity index (χ0v) is 15.1. The molecule has 0 spiro atoms. The molecule has 0 unspecified atom stereocenters. The van der Waals surface area contributed by atoms with Crippen molar-refractivity contribution in [3.8, 4) is 0 Å². The fourth-order valence-corrected chi connectivity index (χ4v) is 1.99. The molecule has 0 fully saturated rings. The van der Waals surface area contributed by atoms with Gasteiger partial charge in [0, 0.05) is 12.5 Å². The maximum absolute atomic E-state index is 11.6. The van der Waals surface area contributed by atoms with Crippen LogP contribution < -0.4 is 0 Å². The van der Waals surface area contributed by atoms with Crippen molar-refractivity contribution >= 4 is 24.3 Å². The Morgan fingerprint density at radius 1 is 0.926 bits per heavy atom. The van der Waals surface area contributed by atoms with Crippen molar-refractivity contribution in [1.82, 2.24) is 0 Å². The Bertz CT molecular complexity index is 785. The molecule has 0 aromatic heterocycles. The summed E-state index contributed by atoms with van der Waals surface area (Å²) in [5.74, 6) is -0.302. The zero-order valence-electron chi connectivity index (χ0n) is 15.1. The Labute approximate surface area is 157 Å². The topological polar surface area (TPSA) is 94.6 Å². The minimum absolute atomic E-state index is 0.250. The minimum atomic E-state index is -0.302. The van der Waals surface area contributed by atoms with Crippen molar-refractivity contribution < 1.29 is 28.7 Å². The third-order valence-corrected chi connectivity index (χ3v) is 3.42. The molecule has 0 saturated heterocycles. The molecule has 2 aromatic rings. The summed E-state index contributed by atoms with van der Waals surface area (Å²) in [6, 6.07) is 16.1. The lowest BCUT2D eigenvalue weighted by molar-refractivity contribution is -0.193. The van der Waals surface area contributed by atoms with E-state index in [1.54, 1.807) is 6.08 Å². The largest absolute Gasteiger partial charge is 0.462 e. The van der Waals surface area contributed by atoms with Crippen LogP contribution in [0.2, 0.25) is 0 Å². The summed E-state index contributed by atoms with van der Waals surface area (Å²) >= 11 is 0. The van der Waals surface area contributed by atoms with Crippen molar-refractivity contribution in [2.24, 2.45) is 0 Å². The Morgan fingerprint density at radius 3 is 2.07 bits per heavy atom. The predicted octanol–water partition coefficient (Wildman–Crippen LogP) is 2.94. The number of esters is 1. The fraction of sp³-hybridized carbons (Fsp3) is 0.190. The average molecular weight is 368 g/mol. The van der Waals surface area contributed by atoms with Crippen molar-refractivity contribution in [2.75, 3.05) is 6.61 Å². The first-order valence-electron chi connectivity index (χ1n) is 7.93. The van der Waals surface area contributed by atoms with E-state index in [9.17, 15) is 4.79 Å². The van der Waals surface area contributed by atoms with E-state index in [1.807, 2.05) is 36.4 Å². The maximum Gasteiger partial charge on any atom is 0.373 e. The van der Waals surface area contributed by atoms with E-state index in [2.05, 4.69) is 26.0 Å². The summed E-state index contributed by atoms with van der Waals surface area (Å²) in [4.78, 5) is 44.1. The van der Waals surface area contributed by atoms with Gasteiger partial charge in [0.15, 0.2) is 0 Å². The molecule has 140 valence electrons. The van der Waals surface area contributed by atoms with Gasteiger partial charge in [-0.1, -0.05) is 48.5 Å². The highest BCUT2D eigenvalue weighted by molar-refractivity contribution is 5.87. The molecule has 0 aliphatic rings. The molecule has 0 atom stereocenters. The summed E-state index contributed by atoms with van der Waals surface area (Å²) in [5, 5.41) is 0. The number of hydrogen-bond donors (Lipinski definition) is 0. The lowest BCUT2D eigenvalue weighted by Crippen LogP contribution is -2.04. The molecule has 0 radical (unpaired) electrons. The SMILES string of the molecule is Cc1ccc(/C=C/C(=O)OCCc2ccccc2)cc1C.O=C=O.O=C=O. The van der Waals surface area contributed by atoms with Gasteiger partial charge < -0.3 is 4.74 Å². The van der Waals surface area contributed by atoms with Crippen LogP contribution in [0.4, 0.5) is 0 Å². The van der Waals surface area contributed by atoms with E-state index in [0.29, 0.717) is 6.61 Å². The molecular formula is C21H20O6. The molecule has 0 amide bonds. The fourth-order valence-electron chi connectivity index (χ4n) is 1.99. The lowest BCUT2D eigenvalue weighted by atomic mass is 10.1. The van der Waals surface area contributed by atoms with Crippen LogP contribution in [0, 0.1) is 13.8 Å². The Hall–Kier alpha value is -3.59. The molecule has 6 heteroatoms. The number of aryl methyl sites for hydroxylation is 2. The normalized spacial score (nSPS) is 8.96. The quantitative estimate of drug-likeness (QED) is 0.595. The van der Waals surface area contributed by atoms with Gasteiger partial charge in [-0.25, -0.2) is 4.79 Å².